The topological polar surface area (TPSA) is 63.2 Å². The lowest BCUT2D eigenvalue weighted by Crippen LogP contribution is -2.33. The quantitative estimate of drug-likeness (QED) is 0.862. The van der Waals surface area contributed by atoms with Gasteiger partial charge in [-0.1, -0.05) is 18.5 Å². The van der Waals surface area contributed by atoms with Crippen molar-refractivity contribution in [2.24, 2.45) is 5.92 Å². The van der Waals surface area contributed by atoms with Gasteiger partial charge in [-0.05, 0) is 43.4 Å². The van der Waals surface area contributed by atoms with Crippen molar-refractivity contribution in [2.45, 2.75) is 37.1 Å². The van der Waals surface area contributed by atoms with E-state index in [1.807, 2.05) is 0 Å². The van der Waals surface area contributed by atoms with Gasteiger partial charge in [-0.25, -0.2) is 8.42 Å². The van der Waals surface area contributed by atoms with E-state index >= 15 is 0 Å². The number of carbonyl (C=O) groups excluding carboxylic acids is 1. The Balaban J connectivity index is 2.21. The lowest BCUT2D eigenvalue weighted by molar-refractivity contribution is 0.0937. The molecule has 0 heterocycles. The predicted molar refractivity (Wildman–Crippen MR) is 78.8 cm³/mol. The van der Waals surface area contributed by atoms with Crippen molar-refractivity contribution in [3.63, 3.8) is 0 Å². The number of hydrogen-bond acceptors (Lipinski definition) is 3. The summed E-state index contributed by atoms with van der Waals surface area (Å²) in [6, 6.07) is 3.96. The Morgan fingerprint density at radius 2 is 2.05 bits per heavy atom. The molecule has 1 fully saturated rings. The van der Waals surface area contributed by atoms with Crippen molar-refractivity contribution >= 4 is 37.2 Å². The van der Waals surface area contributed by atoms with E-state index in [4.69, 9.17) is 22.3 Å². The molecule has 0 aliphatic heterocycles. The first kappa shape index (κ1) is 15.6. The van der Waals surface area contributed by atoms with Gasteiger partial charge in [0.05, 0.1) is 15.5 Å². The van der Waals surface area contributed by atoms with Gasteiger partial charge in [-0.15, -0.1) is 0 Å². The maximum Gasteiger partial charge on any atom is 0.261 e. The second-order valence-electron chi connectivity index (χ2n) is 5.17. The molecule has 0 saturated heterocycles. The Morgan fingerprint density at radius 1 is 1.35 bits per heavy atom. The molecule has 7 heteroatoms. The molecule has 4 nitrogen and oxygen atoms in total. The molecule has 2 atom stereocenters. The predicted octanol–water partition coefficient (Wildman–Crippen LogP) is 3.19. The van der Waals surface area contributed by atoms with Crippen LogP contribution in [-0.4, -0.2) is 20.4 Å². The standard InChI is InChI=1S/C13H15Cl2NO3S/c1-8-2-3-9(6-8)16-13(17)11-7-10(20(15,18)19)4-5-12(11)14/h4-5,7-9H,2-3,6H2,1H3,(H,16,17). The van der Waals surface area contributed by atoms with Gasteiger partial charge in [-0.2, -0.15) is 0 Å². The zero-order valence-electron chi connectivity index (χ0n) is 10.9. The number of carbonyl (C=O) groups is 1. The first-order valence-corrected chi connectivity index (χ1v) is 9.01. The Morgan fingerprint density at radius 3 is 2.60 bits per heavy atom. The third-order valence-electron chi connectivity index (χ3n) is 3.49. The highest BCUT2D eigenvalue weighted by Gasteiger charge is 2.24. The maximum atomic E-state index is 12.2. The summed E-state index contributed by atoms with van der Waals surface area (Å²) >= 11 is 5.96. The average Bonchev–Trinajstić information content (AvgIpc) is 2.73. The summed E-state index contributed by atoms with van der Waals surface area (Å²) in [5.41, 5.74) is 0.132. The van der Waals surface area contributed by atoms with Gasteiger partial charge in [0.15, 0.2) is 0 Å². The van der Waals surface area contributed by atoms with Gasteiger partial charge < -0.3 is 5.32 Å². The van der Waals surface area contributed by atoms with Crippen LogP contribution >= 0.6 is 22.3 Å². The molecule has 110 valence electrons. The SMILES string of the molecule is CC1CCC(NC(=O)c2cc(S(=O)(=O)Cl)ccc2Cl)C1. The highest BCUT2D eigenvalue weighted by atomic mass is 35.7. The maximum absolute atomic E-state index is 12.2. The molecule has 1 aliphatic carbocycles. The van der Waals surface area contributed by atoms with Crippen LogP contribution in [0.1, 0.15) is 36.5 Å². The zero-order valence-corrected chi connectivity index (χ0v) is 13.2. The van der Waals surface area contributed by atoms with Crippen LogP contribution in [0, 0.1) is 5.92 Å². The van der Waals surface area contributed by atoms with E-state index in [9.17, 15) is 13.2 Å². The van der Waals surface area contributed by atoms with Gasteiger partial charge in [0.1, 0.15) is 0 Å². The molecule has 20 heavy (non-hydrogen) atoms. The second-order valence-corrected chi connectivity index (χ2v) is 8.14. The summed E-state index contributed by atoms with van der Waals surface area (Å²) in [4.78, 5) is 12.0. The number of hydrogen-bond donors (Lipinski definition) is 1. The third-order valence-corrected chi connectivity index (χ3v) is 5.18. The summed E-state index contributed by atoms with van der Waals surface area (Å²) < 4.78 is 22.6. The van der Waals surface area contributed by atoms with Crippen LogP contribution in [0.15, 0.2) is 23.1 Å². The van der Waals surface area contributed by atoms with E-state index in [-0.39, 0.29) is 27.4 Å². The fraction of sp³-hybridized carbons (Fsp3) is 0.462. The van der Waals surface area contributed by atoms with Crippen LogP contribution in [0.5, 0.6) is 0 Å². The summed E-state index contributed by atoms with van der Waals surface area (Å²) in [7, 11) is 1.40. The van der Waals surface area contributed by atoms with Gasteiger partial charge in [0.25, 0.3) is 15.0 Å². The zero-order chi connectivity index (χ0) is 14.9. The van der Waals surface area contributed by atoms with Crippen LogP contribution in [0.25, 0.3) is 0 Å². The van der Waals surface area contributed by atoms with Gasteiger partial charge in [0, 0.05) is 16.7 Å². The molecule has 2 unspecified atom stereocenters. The van der Waals surface area contributed by atoms with Gasteiger partial charge in [-0.3, -0.25) is 4.79 Å². The fourth-order valence-corrected chi connectivity index (χ4v) is 3.41. The average molecular weight is 336 g/mol. The monoisotopic (exact) mass is 335 g/mol. The smallest absolute Gasteiger partial charge is 0.261 e. The molecule has 0 bridgehead atoms. The molecule has 1 saturated carbocycles. The Hall–Kier alpha value is -0.780. The number of nitrogens with one attached hydrogen (secondary N) is 1. The highest BCUT2D eigenvalue weighted by molar-refractivity contribution is 8.13. The summed E-state index contributed by atoms with van der Waals surface area (Å²) in [5.74, 6) is 0.224. The van der Waals surface area contributed by atoms with Gasteiger partial charge >= 0.3 is 0 Å². The van der Waals surface area contributed by atoms with Crippen LogP contribution < -0.4 is 5.32 Å². The molecule has 0 radical (unpaired) electrons. The Labute approximate surface area is 127 Å². The van der Waals surface area contributed by atoms with Gasteiger partial charge in [0.2, 0.25) is 0 Å². The van der Waals surface area contributed by atoms with Crippen molar-refractivity contribution in [3.05, 3.63) is 28.8 Å². The molecule has 1 aromatic rings. The number of rotatable bonds is 3. The molecule has 2 rings (SSSR count). The van der Waals surface area contributed by atoms with E-state index in [2.05, 4.69) is 12.2 Å². The summed E-state index contributed by atoms with van der Waals surface area (Å²) in [6.07, 6.45) is 2.93. The van der Waals surface area contributed by atoms with Crippen LogP contribution in [0.2, 0.25) is 5.02 Å². The molecular formula is C13H15Cl2NO3S. The Kier molecular flexibility index (Phi) is 4.62. The number of halogens is 2. The van der Waals surface area contributed by atoms with Crippen molar-refractivity contribution in [1.82, 2.24) is 5.32 Å². The van der Waals surface area contributed by atoms with Crippen molar-refractivity contribution in [3.8, 4) is 0 Å². The van der Waals surface area contributed by atoms with Crippen molar-refractivity contribution in [2.75, 3.05) is 0 Å². The largest absolute Gasteiger partial charge is 0.349 e. The van der Waals surface area contributed by atoms with Crippen LogP contribution in [0.4, 0.5) is 0 Å². The van der Waals surface area contributed by atoms with E-state index in [0.29, 0.717) is 5.92 Å². The molecule has 1 amide bonds. The van der Waals surface area contributed by atoms with E-state index in [1.165, 1.54) is 18.2 Å². The third kappa shape index (κ3) is 3.65. The second kappa shape index (κ2) is 5.92. The van der Waals surface area contributed by atoms with E-state index < -0.39 is 9.05 Å². The molecular weight excluding hydrogens is 321 g/mol. The normalized spacial score (nSPS) is 22.8. The first-order chi connectivity index (χ1) is 9.27. The molecule has 1 aromatic carbocycles. The van der Waals surface area contributed by atoms with E-state index in [1.54, 1.807) is 0 Å². The van der Waals surface area contributed by atoms with Crippen molar-refractivity contribution in [1.29, 1.82) is 0 Å². The molecule has 1 N–H and O–H groups in total. The molecule has 0 spiro atoms. The summed E-state index contributed by atoms with van der Waals surface area (Å²) in [6.45, 7) is 2.14. The lowest BCUT2D eigenvalue weighted by Gasteiger charge is -2.13. The van der Waals surface area contributed by atoms with Crippen LogP contribution in [-0.2, 0) is 9.05 Å². The minimum Gasteiger partial charge on any atom is -0.349 e. The summed E-state index contributed by atoms with van der Waals surface area (Å²) in [5, 5.41) is 3.09. The fourth-order valence-electron chi connectivity index (χ4n) is 2.43. The molecule has 1 aliphatic rings. The highest BCUT2D eigenvalue weighted by Crippen LogP contribution is 2.26. The number of amides is 1. The van der Waals surface area contributed by atoms with Crippen LogP contribution in [0.3, 0.4) is 0 Å². The lowest BCUT2D eigenvalue weighted by atomic mass is 10.1. The Bertz CT molecular complexity index is 631. The minimum atomic E-state index is -3.88. The number of benzene rings is 1. The first-order valence-electron chi connectivity index (χ1n) is 6.32. The molecule has 0 aromatic heterocycles. The van der Waals surface area contributed by atoms with E-state index in [0.717, 1.165) is 19.3 Å². The minimum absolute atomic E-state index is 0.116. The van der Waals surface area contributed by atoms with Crippen molar-refractivity contribution < 1.29 is 13.2 Å².